The third kappa shape index (κ3) is 8.92. The fourth-order valence-corrected chi connectivity index (χ4v) is 1.53. The van der Waals surface area contributed by atoms with Gasteiger partial charge < -0.3 is 0 Å². The number of Topliss-reactive ketones (excluding diaryl/α,β-unsaturated/α-hetero) is 1. The van der Waals surface area contributed by atoms with Gasteiger partial charge in [0.1, 0.15) is 0 Å². The predicted octanol–water partition coefficient (Wildman–Crippen LogP) is 4.49. The number of ketones is 1. The first-order valence-corrected chi connectivity index (χ1v) is 6.47. The number of unbranched alkanes of at least 4 members (excludes halogenated alkanes) is 2. The van der Waals surface area contributed by atoms with Crippen molar-refractivity contribution in [1.29, 1.82) is 0 Å². The standard InChI is InChI=1S/C8H13F3O.C4H4S/c1-2-3-4-5-6(9)7(12)8(10)11;1-2-4-5-3-1/h6,8H,2-5H2,1H3;1-4H. The smallest absolute Gasteiger partial charge is 0.290 e. The molecule has 0 radical (unpaired) electrons. The molecule has 1 nitrogen and oxygen atoms in total. The molecule has 0 N–H and O–H groups in total. The molecule has 5 heteroatoms. The Morgan fingerprint density at radius 3 is 2.12 bits per heavy atom. The first-order chi connectivity index (χ1) is 8.09. The normalized spacial score (nSPS) is 11.8. The van der Waals surface area contributed by atoms with Crippen LogP contribution in [0.1, 0.15) is 32.6 Å². The van der Waals surface area contributed by atoms with Crippen LogP contribution >= 0.6 is 11.3 Å². The van der Waals surface area contributed by atoms with Crippen molar-refractivity contribution in [3.8, 4) is 0 Å². The quantitative estimate of drug-likeness (QED) is 0.693. The van der Waals surface area contributed by atoms with Gasteiger partial charge in [0.2, 0.25) is 5.78 Å². The molecule has 1 heterocycles. The molecule has 0 aliphatic rings. The Labute approximate surface area is 104 Å². The van der Waals surface area contributed by atoms with Crippen LogP contribution in [0.4, 0.5) is 13.2 Å². The Kier molecular flexibility index (Phi) is 9.81. The van der Waals surface area contributed by atoms with Crippen LogP contribution in [0.2, 0.25) is 0 Å². The fraction of sp³-hybridized carbons (Fsp3) is 0.583. The van der Waals surface area contributed by atoms with Gasteiger partial charge in [0.05, 0.1) is 0 Å². The van der Waals surface area contributed by atoms with E-state index in [0.29, 0.717) is 6.42 Å². The van der Waals surface area contributed by atoms with Gasteiger partial charge in [-0.05, 0) is 17.2 Å². The number of carbonyl (C=O) groups is 1. The van der Waals surface area contributed by atoms with Crippen molar-refractivity contribution in [3.05, 3.63) is 22.9 Å². The second-order valence-corrected chi connectivity index (χ2v) is 4.28. The van der Waals surface area contributed by atoms with Crippen molar-refractivity contribution in [2.24, 2.45) is 0 Å². The average molecular weight is 266 g/mol. The van der Waals surface area contributed by atoms with E-state index < -0.39 is 18.4 Å². The first kappa shape index (κ1) is 16.2. The van der Waals surface area contributed by atoms with E-state index in [-0.39, 0.29) is 6.42 Å². The van der Waals surface area contributed by atoms with Crippen LogP contribution in [0.15, 0.2) is 22.9 Å². The summed E-state index contributed by atoms with van der Waals surface area (Å²) >= 11 is 1.71. The lowest BCUT2D eigenvalue weighted by Crippen LogP contribution is -2.22. The van der Waals surface area contributed by atoms with Gasteiger partial charge in [0.25, 0.3) is 6.43 Å². The van der Waals surface area contributed by atoms with Crippen LogP contribution in [0, 0.1) is 0 Å². The maximum absolute atomic E-state index is 12.5. The summed E-state index contributed by atoms with van der Waals surface area (Å²) in [5, 5.41) is 4.08. The van der Waals surface area contributed by atoms with Crippen molar-refractivity contribution < 1.29 is 18.0 Å². The number of carbonyl (C=O) groups excluding carboxylic acids is 1. The van der Waals surface area contributed by atoms with Crippen LogP contribution in [-0.2, 0) is 4.79 Å². The molecule has 1 aromatic heterocycles. The Bertz CT molecular complexity index is 258. The number of alkyl halides is 3. The molecule has 1 atom stereocenters. The molecule has 0 aromatic carbocycles. The highest BCUT2D eigenvalue weighted by Crippen LogP contribution is 2.11. The minimum absolute atomic E-state index is 0.0724. The molecule has 0 saturated carbocycles. The van der Waals surface area contributed by atoms with Gasteiger partial charge in [-0.2, -0.15) is 11.3 Å². The van der Waals surface area contributed by atoms with Crippen molar-refractivity contribution in [2.75, 3.05) is 0 Å². The zero-order valence-corrected chi connectivity index (χ0v) is 10.6. The highest BCUT2D eigenvalue weighted by Gasteiger charge is 2.25. The molecule has 1 rings (SSSR count). The molecule has 1 aromatic rings. The molecule has 0 aliphatic heterocycles. The monoisotopic (exact) mass is 266 g/mol. The Balaban J connectivity index is 0.000000419. The van der Waals surface area contributed by atoms with Crippen molar-refractivity contribution in [3.63, 3.8) is 0 Å². The summed E-state index contributed by atoms with van der Waals surface area (Å²) in [5.74, 6) is -1.58. The molecule has 0 saturated heterocycles. The molecule has 0 spiro atoms. The van der Waals surface area contributed by atoms with Crippen LogP contribution in [0.3, 0.4) is 0 Å². The highest BCUT2D eigenvalue weighted by molar-refractivity contribution is 7.07. The van der Waals surface area contributed by atoms with Crippen molar-refractivity contribution >= 4 is 17.1 Å². The molecule has 0 amide bonds. The predicted molar refractivity (Wildman–Crippen MR) is 64.4 cm³/mol. The van der Waals surface area contributed by atoms with E-state index in [1.807, 2.05) is 29.8 Å². The second-order valence-electron chi connectivity index (χ2n) is 3.46. The third-order valence-corrected chi connectivity index (χ3v) is 2.64. The maximum Gasteiger partial charge on any atom is 0.298 e. The molecule has 0 fully saturated rings. The zero-order chi connectivity index (χ0) is 13.1. The van der Waals surface area contributed by atoms with E-state index in [1.54, 1.807) is 11.3 Å². The van der Waals surface area contributed by atoms with Crippen molar-refractivity contribution in [1.82, 2.24) is 0 Å². The largest absolute Gasteiger partial charge is 0.298 e. The lowest BCUT2D eigenvalue weighted by atomic mass is 10.1. The maximum atomic E-state index is 12.5. The summed E-state index contributed by atoms with van der Waals surface area (Å²) in [6.45, 7) is 1.92. The van der Waals surface area contributed by atoms with Crippen LogP contribution in [-0.4, -0.2) is 18.4 Å². The molecule has 98 valence electrons. The number of hydrogen-bond donors (Lipinski definition) is 0. The van der Waals surface area contributed by atoms with Crippen LogP contribution in [0.5, 0.6) is 0 Å². The van der Waals surface area contributed by atoms with Gasteiger partial charge in [-0.15, -0.1) is 0 Å². The summed E-state index contributed by atoms with van der Waals surface area (Å²) in [6.07, 6.45) is -3.06. The zero-order valence-electron chi connectivity index (χ0n) is 9.74. The van der Waals surface area contributed by atoms with Crippen molar-refractivity contribution in [2.45, 2.75) is 45.2 Å². The van der Waals surface area contributed by atoms with Crippen LogP contribution in [0.25, 0.3) is 0 Å². The van der Waals surface area contributed by atoms with E-state index in [0.717, 1.165) is 12.8 Å². The van der Waals surface area contributed by atoms with Gasteiger partial charge in [0, 0.05) is 0 Å². The van der Waals surface area contributed by atoms with E-state index in [2.05, 4.69) is 0 Å². The van der Waals surface area contributed by atoms with Gasteiger partial charge in [-0.1, -0.05) is 38.3 Å². The highest BCUT2D eigenvalue weighted by atomic mass is 32.1. The Hall–Kier alpha value is -0.840. The minimum Gasteiger partial charge on any atom is -0.290 e. The van der Waals surface area contributed by atoms with E-state index >= 15 is 0 Å². The third-order valence-electron chi connectivity index (χ3n) is 2.01. The molecular formula is C12H17F3OS. The van der Waals surface area contributed by atoms with Crippen LogP contribution < -0.4 is 0 Å². The molecule has 17 heavy (non-hydrogen) atoms. The number of rotatable bonds is 6. The summed E-state index contributed by atoms with van der Waals surface area (Å²) in [7, 11) is 0. The molecule has 0 aliphatic carbocycles. The van der Waals surface area contributed by atoms with Gasteiger partial charge in [-0.25, -0.2) is 13.2 Å². The van der Waals surface area contributed by atoms with E-state index in [4.69, 9.17) is 0 Å². The lowest BCUT2D eigenvalue weighted by molar-refractivity contribution is -0.134. The van der Waals surface area contributed by atoms with Gasteiger partial charge >= 0.3 is 0 Å². The molecule has 1 unspecified atom stereocenters. The van der Waals surface area contributed by atoms with E-state index in [1.165, 1.54) is 0 Å². The minimum atomic E-state index is -3.17. The molecular weight excluding hydrogens is 249 g/mol. The van der Waals surface area contributed by atoms with E-state index in [9.17, 15) is 18.0 Å². The number of hydrogen-bond acceptors (Lipinski definition) is 2. The Morgan fingerprint density at radius 2 is 1.76 bits per heavy atom. The fourth-order valence-electron chi connectivity index (χ4n) is 1.08. The summed E-state index contributed by atoms with van der Waals surface area (Å²) < 4.78 is 35.7. The average Bonchev–Trinajstić information content (AvgIpc) is 2.86. The van der Waals surface area contributed by atoms with Gasteiger partial charge in [-0.3, -0.25) is 4.79 Å². The Morgan fingerprint density at radius 1 is 1.18 bits per heavy atom. The summed E-state index contributed by atoms with van der Waals surface area (Å²) in [6, 6.07) is 4.04. The molecule has 0 bridgehead atoms. The lowest BCUT2D eigenvalue weighted by Gasteiger charge is -2.04. The first-order valence-electron chi connectivity index (χ1n) is 5.52. The number of halogens is 3. The summed E-state index contributed by atoms with van der Waals surface area (Å²) in [5.41, 5.74) is 0. The SMILES string of the molecule is CCCCCC(F)C(=O)C(F)F.c1ccsc1. The van der Waals surface area contributed by atoms with Gasteiger partial charge in [0.15, 0.2) is 6.17 Å². The number of thiophene rings is 1. The summed E-state index contributed by atoms with van der Waals surface area (Å²) in [4.78, 5) is 10.3. The second kappa shape index (κ2) is 10.3. The topological polar surface area (TPSA) is 17.1 Å².